The number of methoxy groups -OCH3 is 1. The van der Waals surface area contributed by atoms with Crippen LogP contribution >= 0.6 is 0 Å². The molecule has 1 rings (SSSR count). The molecule has 3 nitrogen and oxygen atoms in total. The van der Waals surface area contributed by atoms with Crippen molar-refractivity contribution in [1.29, 1.82) is 0 Å². The highest BCUT2D eigenvalue weighted by Crippen LogP contribution is 2.26. The molecule has 0 saturated carbocycles. The Labute approximate surface area is 169 Å². The molecule has 1 N–H and O–H groups in total. The van der Waals surface area contributed by atoms with Gasteiger partial charge < -0.3 is 14.6 Å². The predicted molar refractivity (Wildman–Crippen MR) is 111 cm³/mol. The molecule has 0 aromatic heterocycles. The SMILES string of the molecule is C=C(/C=C\C(=C)C(=C)/C(F)=C(/F)C(=C)OC)OCc1ccc(O)c(F)c1.C=CC. The first-order valence-electron chi connectivity index (χ1n) is 8.30. The molecule has 1 aromatic rings. The van der Waals surface area contributed by atoms with Crippen LogP contribution in [0.15, 0.2) is 104 Å². The number of phenols is 1. The smallest absolute Gasteiger partial charge is 0.200 e. The Balaban J connectivity index is 0.00000245. The van der Waals surface area contributed by atoms with Crippen molar-refractivity contribution in [2.75, 3.05) is 7.11 Å². The summed E-state index contributed by atoms with van der Waals surface area (Å²) in [7, 11) is 1.16. The average molecular weight is 406 g/mol. The molecular formula is C23H25F3O3. The molecule has 0 saturated heterocycles. The van der Waals surface area contributed by atoms with Crippen LogP contribution in [0.3, 0.4) is 0 Å². The van der Waals surface area contributed by atoms with E-state index >= 15 is 0 Å². The summed E-state index contributed by atoms with van der Waals surface area (Å²) in [6, 6.07) is 3.82. The minimum Gasteiger partial charge on any atom is -0.505 e. The maximum atomic E-state index is 13.9. The quantitative estimate of drug-likeness (QED) is 0.281. The van der Waals surface area contributed by atoms with Gasteiger partial charge >= 0.3 is 0 Å². The molecule has 0 bridgehead atoms. The van der Waals surface area contributed by atoms with Crippen LogP contribution in [0, 0.1) is 5.82 Å². The second kappa shape index (κ2) is 12.9. The maximum absolute atomic E-state index is 13.9. The van der Waals surface area contributed by atoms with E-state index in [2.05, 4.69) is 37.6 Å². The van der Waals surface area contributed by atoms with Crippen LogP contribution in [-0.4, -0.2) is 12.2 Å². The fourth-order valence-electron chi connectivity index (χ4n) is 1.64. The minimum absolute atomic E-state index is 0.00432. The Kier molecular flexibility index (Phi) is 11.4. The molecule has 0 amide bonds. The van der Waals surface area contributed by atoms with Crippen molar-refractivity contribution in [3.63, 3.8) is 0 Å². The van der Waals surface area contributed by atoms with Gasteiger partial charge in [0.2, 0.25) is 5.83 Å². The van der Waals surface area contributed by atoms with Gasteiger partial charge in [0.1, 0.15) is 18.1 Å². The van der Waals surface area contributed by atoms with E-state index in [-0.39, 0.29) is 23.5 Å². The Morgan fingerprint density at radius 2 is 1.69 bits per heavy atom. The van der Waals surface area contributed by atoms with Crippen LogP contribution in [0.2, 0.25) is 0 Å². The predicted octanol–water partition coefficient (Wildman–Crippen LogP) is 6.73. The highest BCUT2D eigenvalue weighted by molar-refractivity contribution is 5.49. The van der Waals surface area contributed by atoms with Crippen molar-refractivity contribution < 1.29 is 27.8 Å². The Morgan fingerprint density at radius 1 is 1.10 bits per heavy atom. The zero-order valence-corrected chi connectivity index (χ0v) is 16.6. The summed E-state index contributed by atoms with van der Waals surface area (Å²) in [4.78, 5) is 0. The number of phenolic OH excluding ortho intramolecular Hbond substituents is 1. The zero-order chi connectivity index (χ0) is 22.6. The normalized spacial score (nSPS) is 10.9. The molecule has 0 aliphatic carbocycles. The molecule has 29 heavy (non-hydrogen) atoms. The Bertz CT molecular complexity index is 849. The number of benzene rings is 1. The van der Waals surface area contributed by atoms with Gasteiger partial charge in [0.15, 0.2) is 17.4 Å². The summed E-state index contributed by atoms with van der Waals surface area (Å²) >= 11 is 0. The van der Waals surface area contributed by atoms with E-state index in [4.69, 9.17) is 9.84 Å². The number of ether oxygens (including phenoxy) is 2. The molecule has 1 aromatic carbocycles. The summed E-state index contributed by atoms with van der Waals surface area (Å²) < 4.78 is 50.6. The van der Waals surface area contributed by atoms with E-state index < -0.39 is 29.0 Å². The first-order valence-corrected chi connectivity index (χ1v) is 8.30. The molecule has 0 unspecified atom stereocenters. The lowest BCUT2D eigenvalue weighted by Gasteiger charge is -2.08. The third kappa shape index (κ3) is 8.88. The lowest BCUT2D eigenvalue weighted by Crippen LogP contribution is -1.94. The van der Waals surface area contributed by atoms with E-state index in [1.807, 2.05) is 6.92 Å². The first kappa shape index (κ1) is 25.6. The van der Waals surface area contributed by atoms with Gasteiger partial charge in [0, 0.05) is 5.57 Å². The maximum Gasteiger partial charge on any atom is 0.200 e. The summed E-state index contributed by atoms with van der Waals surface area (Å²) in [6.45, 7) is 19.1. The van der Waals surface area contributed by atoms with Gasteiger partial charge in [0.25, 0.3) is 0 Å². The molecule has 156 valence electrons. The van der Waals surface area contributed by atoms with Crippen LogP contribution in [0.4, 0.5) is 13.2 Å². The standard InChI is InChI=1S/C20H19F3O3.C3H6/c1-12(14(3)19(22)20(23)15(4)25-5)6-7-13(2)26-11-16-8-9-18(24)17(21)10-16;1-3-2/h6-10,24H,1-4,11H2,5H3;3H,1H2,2H3/b7-6-,20-19-;. The van der Waals surface area contributed by atoms with Crippen molar-refractivity contribution in [2.45, 2.75) is 13.5 Å². The lowest BCUT2D eigenvalue weighted by molar-refractivity contribution is 0.212. The van der Waals surface area contributed by atoms with Crippen LogP contribution < -0.4 is 0 Å². The van der Waals surface area contributed by atoms with Gasteiger partial charge in [-0.05, 0) is 36.3 Å². The van der Waals surface area contributed by atoms with E-state index in [0.717, 1.165) is 13.2 Å². The second-order valence-corrected chi connectivity index (χ2v) is 5.54. The highest BCUT2D eigenvalue weighted by Gasteiger charge is 2.14. The number of hydrogen-bond donors (Lipinski definition) is 1. The number of allylic oxidation sites excluding steroid dienone is 7. The summed E-state index contributed by atoms with van der Waals surface area (Å²) in [5.41, 5.74) is 0.277. The Hall–Kier alpha value is -3.41. The largest absolute Gasteiger partial charge is 0.505 e. The highest BCUT2D eigenvalue weighted by atomic mass is 19.2. The monoisotopic (exact) mass is 406 g/mol. The zero-order valence-electron chi connectivity index (χ0n) is 16.6. The van der Waals surface area contributed by atoms with E-state index in [1.165, 1.54) is 24.3 Å². The average Bonchev–Trinajstić information content (AvgIpc) is 2.71. The molecule has 0 radical (unpaired) electrons. The van der Waals surface area contributed by atoms with Crippen LogP contribution in [0.25, 0.3) is 0 Å². The molecule has 0 aliphatic rings. The van der Waals surface area contributed by atoms with Crippen LogP contribution in [0.1, 0.15) is 12.5 Å². The molecular weight excluding hydrogens is 381 g/mol. The van der Waals surface area contributed by atoms with Crippen LogP contribution in [0.5, 0.6) is 5.75 Å². The number of hydrogen-bond acceptors (Lipinski definition) is 3. The van der Waals surface area contributed by atoms with Crippen molar-refractivity contribution in [3.05, 3.63) is 115 Å². The molecule has 0 fully saturated rings. The minimum atomic E-state index is -1.27. The van der Waals surface area contributed by atoms with E-state index in [9.17, 15) is 13.2 Å². The van der Waals surface area contributed by atoms with Gasteiger partial charge in [-0.1, -0.05) is 44.5 Å². The number of rotatable bonds is 9. The van der Waals surface area contributed by atoms with E-state index in [1.54, 1.807) is 6.08 Å². The van der Waals surface area contributed by atoms with E-state index in [0.29, 0.717) is 5.56 Å². The summed E-state index contributed by atoms with van der Waals surface area (Å²) in [5.74, 6) is -4.01. The lowest BCUT2D eigenvalue weighted by atomic mass is 10.1. The third-order valence-corrected chi connectivity index (χ3v) is 3.24. The molecule has 6 heteroatoms. The molecule has 0 atom stereocenters. The molecule has 0 spiro atoms. The van der Waals surface area contributed by atoms with Gasteiger partial charge in [-0.25, -0.2) is 8.78 Å². The topological polar surface area (TPSA) is 38.7 Å². The molecule has 0 heterocycles. The number of aromatic hydroxyl groups is 1. The van der Waals surface area contributed by atoms with Gasteiger partial charge in [-0.2, -0.15) is 4.39 Å². The van der Waals surface area contributed by atoms with Gasteiger partial charge in [-0.15, -0.1) is 6.58 Å². The third-order valence-electron chi connectivity index (χ3n) is 3.24. The van der Waals surface area contributed by atoms with Gasteiger partial charge in [0.05, 0.1) is 7.11 Å². The van der Waals surface area contributed by atoms with Crippen molar-refractivity contribution in [3.8, 4) is 5.75 Å². The molecule has 0 aliphatic heterocycles. The summed E-state index contributed by atoms with van der Waals surface area (Å²) in [6.07, 6.45) is 4.46. The second-order valence-electron chi connectivity index (χ2n) is 5.54. The van der Waals surface area contributed by atoms with Crippen molar-refractivity contribution >= 4 is 0 Å². The van der Waals surface area contributed by atoms with Crippen molar-refractivity contribution in [1.82, 2.24) is 0 Å². The van der Waals surface area contributed by atoms with Gasteiger partial charge in [-0.3, -0.25) is 0 Å². The van der Waals surface area contributed by atoms with Crippen LogP contribution in [-0.2, 0) is 16.1 Å². The first-order chi connectivity index (χ1) is 13.6. The fourth-order valence-corrected chi connectivity index (χ4v) is 1.64. The van der Waals surface area contributed by atoms with Crippen molar-refractivity contribution in [2.24, 2.45) is 0 Å². The number of halogens is 3. The summed E-state index contributed by atoms with van der Waals surface area (Å²) in [5, 5.41) is 9.12. The Morgan fingerprint density at radius 3 is 2.21 bits per heavy atom. The fraction of sp³-hybridized carbons (Fsp3) is 0.130.